The van der Waals surface area contributed by atoms with Crippen LogP contribution in [0.25, 0.3) is 0 Å². The topological polar surface area (TPSA) is 44.5 Å². The fraction of sp³-hybridized carbons (Fsp3) is 0.250. The summed E-state index contributed by atoms with van der Waals surface area (Å²) < 4.78 is 11.1. The molecule has 0 aliphatic heterocycles. The van der Waals surface area contributed by atoms with Gasteiger partial charge in [0, 0.05) is 16.6 Å². The highest BCUT2D eigenvalue weighted by molar-refractivity contribution is 6.30. The first kappa shape index (κ1) is 14.7. The van der Waals surface area contributed by atoms with E-state index in [2.05, 4.69) is 0 Å². The quantitative estimate of drug-likeness (QED) is 0.907. The Bertz CT molecular complexity index is 584. The van der Waals surface area contributed by atoms with Gasteiger partial charge in [-0.15, -0.1) is 0 Å². The second kappa shape index (κ2) is 6.64. The van der Waals surface area contributed by atoms with Gasteiger partial charge < -0.3 is 15.2 Å². The second-order valence-electron chi connectivity index (χ2n) is 4.61. The molecule has 2 aromatic rings. The van der Waals surface area contributed by atoms with E-state index in [4.69, 9.17) is 26.8 Å². The first-order chi connectivity index (χ1) is 9.60. The predicted molar refractivity (Wildman–Crippen MR) is 81.4 cm³/mol. The van der Waals surface area contributed by atoms with Gasteiger partial charge in [-0.05, 0) is 42.8 Å². The molecule has 3 nitrogen and oxygen atoms in total. The standard InChI is InChI=1S/C16H18ClNO2/c1-11(18)12-4-3-5-15(9-12)20-10-13-8-14(17)6-7-16(13)19-2/h3-9,11H,10,18H2,1-2H3. The molecule has 2 rings (SSSR count). The van der Waals surface area contributed by atoms with Gasteiger partial charge in [0.1, 0.15) is 18.1 Å². The van der Waals surface area contributed by atoms with Gasteiger partial charge in [0.2, 0.25) is 0 Å². The maximum atomic E-state index is 5.99. The average Bonchev–Trinajstić information content (AvgIpc) is 2.45. The molecular weight excluding hydrogens is 274 g/mol. The lowest BCUT2D eigenvalue weighted by molar-refractivity contribution is 0.296. The summed E-state index contributed by atoms with van der Waals surface area (Å²) >= 11 is 5.99. The molecule has 0 spiro atoms. The maximum absolute atomic E-state index is 5.99. The Hall–Kier alpha value is -1.71. The number of hydrogen-bond donors (Lipinski definition) is 1. The van der Waals surface area contributed by atoms with Crippen LogP contribution in [0, 0.1) is 0 Å². The third-order valence-electron chi connectivity index (χ3n) is 3.02. The molecule has 0 radical (unpaired) electrons. The molecule has 2 aromatic carbocycles. The molecule has 106 valence electrons. The van der Waals surface area contributed by atoms with E-state index >= 15 is 0 Å². The summed E-state index contributed by atoms with van der Waals surface area (Å²) in [6, 6.07) is 13.2. The molecule has 2 N–H and O–H groups in total. The zero-order chi connectivity index (χ0) is 14.5. The van der Waals surface area contributed by atoms with Crippen molar-refractivity contribution in [3.63, 3.8) is 0 Å². The normalized spacial score (nSPS) is 12.0. The van der Waals surface area contributed by atoms with Crippen molar-refractivity contribution in [3.05, 3.63) is 58.6 Å². The SMILES string of the molecule is COc1ccc(Cl)cc1COc1cccc(C(C)N)c1. The van der Waals surface area contributed by atoms with Crippen molar-refractivity contribution in [1.29, 1.82) is 0 Å². The molecule has 0 heterocycles. The van der Waals surface area contributed by atoms with E-state index in [0.717, 1.165) is 22.6 Å². The molecule has 0 aliphatic rings. The van der Waals surface area contributed by atoms with Crippen molar-refractivity contribution >= 4 is 11.6 Å². The number of hydrogen-bond acceptors (Lipinski definition) is 3. The molecule has 0 aliphatic carbocycles. The number of nitrogens with two attached hydrogens (primary N) is 1. The maximum Gasteiger partial charge on any atom is 0.125 e. The van der Waals surface area contributed by atoms with Crippen molar-refractivity contribution in [1.82, 2.24) is 0 Å². The van der Waals surface area contributed by atoms with Crippen molar-refractivity contribution in [3.8, 4) is 11.5 Å². The number of benzene rings is 2. The summed E-state index contributed by atoms with van der Waals surface area (Å²) in [6.45, 7) is 2.34. The predicted octanol–water partition coefficient (Wildman–Crippen LogP) is 3.95. The first-order valence-corrected chi connectivity index (χ1v) is 6.78. The molecule has 0 saturated carbocycles. The van der Waals surface area contributed by atoms with Crippen LogP contribution >= 0.6 is 11.6 Å². The Morgan fingerprint density at radius 2 is 2.00 bits per heavy atom. The van der Waals surface area contributed by atoms with E-state index in [0.29, 0.717) is 11.6 Å². The minimum Gasteiger partial charge on any atom is -0.496 e. The van der Waals surface area contributed by atoms with E-state index in [1.54, 1.807) is 13.2 Å². The van der Waals surface area contributed by atoms with E-state index in [1.807, 2.05) is 43.3 Å². The van der Waals surface area contributed by atoms with Crippen molar-refractivity contribution in [2.45, 2.75) is 19.6 Å². The highest BCUT2D eigenvalue weighted by Gasteiger charge is 2.06. The molecule has 0 amide bonds. The number of methoxy groups -OCH3 is 1. The molecule has 20 heavy (non-hydrogen) atoms. The lowest BCUT2D eigenvalue weighted by Gasteiger charge is -2.12. The van der Waals surface area contributed by atoms with Crippen LogP contribution < -0.4 is 15.2 Å². The lowest BCUT2D eigenvalue weighted by atomic mass is 10.1. The van der Waals surface area contributed by atoms with Gasteiger partial charge in [-0.25, -0.2) is 0 Å². The zero-order valence-corrected chi connectivity index (χ0v) is 12.4. The third-order valence-corrected chi connectivity index (χ3v) is 3.26. The summed E-state index contributed by atoms with van der Waals surface area (Å²) in [5, 5.41) is 0.661. The van der Waals surface area contributed by atoms with Crippen LogP contribution in [0.4, 0.5) is 0 Å². The Morgan fingerprint density at radius 3 is 2.70 bits per heavy atom. The smallest absolute Gasteiger partial charge is 0.125 e. The lowest BCUT2D eigenvalue weighted by Crippen LogP contribution is -2.05. The summed E-state index contributed by atoms with van der Waals surface area (Å²) in [6.07, 6.45) is 0. The molecule has 0 saturated heterocycles. The van der Waals surface area contributed by atoms with E-state index in [1.165, 1.54) is 0 Å². The number of ether oxygens (including phenoxy) is 2. The van der Waals surface area contributed by atoms with Gasteiger partial charge in [0.05, 0.1) is 7.11 Å². The molecule has 0 fully saturated rings. The van der Waals surface area contributed by atoms with Crippen LogP contribution in [0.2, 0.25) is 5.02 Å². The van der Waals surface area contributed by atoms with Gasteiger partial charge in [-0.3, -0.25) is 0 Å². The Morgan fingerprint density at radius 1 is 1.20 bits per heavy atom. The van der Waals surface area contributed by atoms with Crippen LogP contribution in [-0.4, -0.2) is 7.11 Å². The van der Waals surface area contributed by atoms with Gasteiger partial charge >= 0.3 is 0 Å². The highest BCUT2D eigenvalue weighted by atomic mass is 35.5. The largest absolute Gasteiger partial charge is 0.496 e. The monoisotopic (exact) mass is 291 g/mol. The number of halogens is 1. The molecule has 0 aromatic heterocycles. The third kappa shape index (κ3) is 3.65. The minimum atomic E-state index is -0.0146. The summed E-state index contributed by atoms with van der Waals surface area (Å²) in [5.74, 6) is 1.54. The van der Waals surface area contributed by atoms with Crippen LogP contribution in [0.5, 0.6) is 11.5 Å². The van der Waals surface area contributed by atoms with Gasteiger partial charge in [0.15, 0.2) is 0 Å². The Kier molecular flexibility index (Phi) is 4.88. The summed E-state index contributed by atoms with van der Waals surface area (Å²) in [5.41, 5.74) is 7.81. The van der Waals surface area contributed by atoms with Gasteiger partial charge in [-0.2, -0.15) is 0 Å². The first-order valence-electron chi connectivity index (χ1n) is 6.41. The van der Waals surface area contributed by atoms with Crippen LogP contribution in [0.15, 0.2) is 42.5 Å². The van der Waals surface area contributed by atoms with Crippen molar-refractivity contribution in [2.75, 3.05) is 7.11 Å². The highest BCUT2D eigenvalue weighted by Crippen LogP contribution is 2.25. The molecular formula is C16H18ClNO2. The van der Waals surface area contributed by atoms with Crippen molar-refractivity contribution in [2.24, 2.45) is 5.73 Å². The van der Waals surface area contributed by atoms with Gasteiger partial charge in [0.25, 0.3) is 0 Å². The Labute approximate surface area is 124 Å². The minimum absolute atomic E-state index is 0.0146. The van der Waals surface area contributed by atoms with E-state index < -0.39 is 0 Å². The Balaban J connectivity index is 2.12. The number of rotatable bonds is 5. The van der Waals surface area contributed by atoms with Crippen molar-refractivity contribution < 1.29 is 9.47 Å². The molecule has 4 heteroatoms. The van der Waals surface area contributed by atoms with Crippen LogP contribution in [0.1, 0.15) is 24.1 Å². The van der Waals surface area contributed by atoms with Crippen LogP contribution in [-0.2, 0) is 6.61 Å². The molecule has 1 unspecified atom stereocenters. The second-order valence-corrected chi connectivity index (χ2v) is 5.04. The zero-order valence-electron chi connectivity index (χ0n) is 11.6. The molecule has 1 atom stereocenters. The average molecular weight is 292 g/mol. The fourth-order valence-electron chi connectivity index (χ4n) is 1.91. The van der Waals surface area contributed by atoms with E-state index in [9.17, 15) is 0 Å². The fourth-order valence-corrected chi connectivity index (χ4v) is 2.10. The van der Waals surface area contributed by atoms with Crippen LogP contribution in [0.3, 0.4) is 0 Å². The molecule has 0 bridgehead atoms. The summed E-state index contributed by atoms with van der Waals surface area (Å²) in [7, 11) is 1.63. The summed E-state index contributed by atoms with van der Waals surface area (Å²) in [4.78, 5) is 0. The van der Waals surface area contributed by atoms with E-state index in [-0.39, 0.29) is 6.04 Å². The van der Waals surface area contributed by atoms with Gasteiger partial charge in [-0.1, -0.05) is 23.7 Å².